The van der Waals surface area contributed by atoms with Gasteiger partial charge in [0, 0.05) is 12.8 Å². The predicted molar refractivity (Wildman–Crippen MR) is 151 cm³/mol. The molecule has 0 aromatic rings. The Morgan fingerprint density at radius 2 is 1.46 bits per heavy atom. The molecule has 3 unspecified atom stereocenters. The second-order valence-corrected chi connectivity index (χ2v) is 13.1. The van der Waals surface area contributed by atoms with Crippen molar-refractivity contribution in [2.24, 2.45) is 23.7 Å². The largest absolute Gasteiger partial charge is 0.465 e. The van der Waals surface area contributed by atoms with Crippen LogP contribution in [0, 0.1) is 23.7 Å². The van der Waals surface area contributed by atoms with Gasteiger partial charge in [-0.15, -0.1) is 23.2 Å². The highest BCUT2D eigenvalue weighted by Crippen LogP contribution is 2.60. The number of alkyl halides is 2. The van der Waals surface area contributed by atoms with Gasteiger partial charge in [0.1, 0.15) is 21.0 Å². The van der Waals surface area contributed by atoms with Gasteiger partial charge in [-0.25, -0.2) is 0 Å². The number of ether oxygens (including phenoxy) is 3. The van der Waals surface area contributed by atoms with E-state index in [1.54, 1.807) is 13.8 Å². The van der Waals surface area contributed by atoms with Crippen molar-refractivity contribution in [3.63, 3.8) is 0 Å². The van der Waals surface area contributed by atoms with E-state index >= 15 is 0 Å². The highest BCUT2D eigenvalue weighted by molar-refractivity contribution is 6.38. The lowest BCUT2D eigenvalue weighted by molar-refractivity contribution is -0.206. The average Bonchev–Trinajstić information content (AvgIpc) is 2.70. The van der Waals surface area contributed by atoms with Crippen LogP contribution in [0.25, 0.3) is 0 Å². The lowest BCUT2D eigenvalue weighted by Gasteiger charge is -2.59. The van der Waals surface area contributed by atoms with E-state index in [2.05, 4.69) is 6.92 Å². The molecule has 37 heavy (non-hydrogen) atoms. The number of hydrogen-bond donors (Lipinski definition) is 0. The smallest absolute Gasteiger partial charge is 0.327 e. The summed E-state index contributed by atoms with van der Waals surface area (Å²) in [5, 5.41) is 0. The maximum absolute atomic E-state index is 13.5. The molecule has 5 fully saturated rings. The van der Waals surface area contributed by atoms with E-state index in [4.69, 9.17) is 37.4 Å². The van der Waals surface area contributed by atoms with Gasteiger partial charge in [0.25, 0.3) is 0 Å². The van der Waals surface area contributed by atoms with Crippen LogP contribution in [0.5, 0.6) is 0 Å². The van der Waals surface area contributed by atoms with Gasteiger partial charge >= 0.3 is 17.9 Å². The van der Waals surface area contributed by atoms with Gasteiger partial charge < -0.3 is 14.2 Å². The Bertz CT molecular complexity index is 799. The third kappa shape index (κ3) is 6.96. The van der Waals surface area contributed by atoms with Gasteiger partial charge in [0.15, 0.2) is 0 Å². The summed E-state index contributed by atoms with van der Waals surface area (Å²) in [5.41, 5.74) is -1.50. The summed E-state index contributed by atoms with van der Waals surface area (Å²) in [4.78, 5) is 35.1. The van der Waals surface area contributed by atoms with Crippen LogP contribution in [0.2, 0.25) is 0 Å². The molecule has 8 heteroatoms. The number of carbonyl (C=O) groups is 3. The molecular weight excluding hydrogens is 515 g/mol. The Balaban J connectivity index is 0.00000324. The molecule has 5 aliphatic rings. The first-order valence-electron chi connectivity index (χ1n) is 12.3. The van der Waals surface area contributed by atoms with E-state index in [1.807, 2.05) is 0 Å². The minimum Gasteiger partial charge on any atom is -0.465 e. The lowest BCUT2D eigenvalue weighted by atomic mass is 9.50. The third-order valence-electron chi connectivity index (χ3n) is 8.79. The molecule has 1 heterocycles. The third-order valence-corrected chi connectivity index (χ3v) is 9.63. The molecule has 1 aliphatic heterocycles. The van der Waals surface area contributed by atoms with Crippen molar-refractivity contribution in [2.75, 3.05) is 6.61 Å². The molecule has 0 amide bonds. The lowest BCUT2D eigenvalue weighted by Crippen LogP contribution is -2.59. The molecule has 0 N–H and O–H groups in total. The highest BCUT2D eigenvalue weighted by Gasteiger charge is 2.59. The molecule has 1 saturated heterocycles. The second kappa shape index (κ2) is 12.4. The summed E-state index contributed by atoms with van der Waals surface area (Å²) in [6, 6.07) is 0. The first-order valence-corrected chi connectivity index (χ1v) is 13.0. The van der Waals surface area contributed by atoms with E-state index in [1.165, 1.54) is 13.3 Å². The van der Waals surface area contributed by atoms with Crippen LogP contribution in [-0.4, -0.2) is 45.5 Å². The SMILES string of the molecule is C.C.C.C.CCC(Cl)(CC(C)(Cl)C(=O)OC1(C)CCOC(=O)C1)C(=O)OC1(C)C2CC3CC(C2)CC1C3. The summed E-state index contributed by atoms with van der Waals surface area (Å²) in [5.74, 6) is 0.626. The van der Waals surface area contributed by atoms with E-state index in [9.17, 15) is 14.4 Å². The van der Waals surface area contributed by atoms with E-state index in [0.717, 1.165) is 37.5 Å². The topological polar surface area (TPSA) is 78.9 Å². The average molecular weight is 568 g/mol. The molecule has 0 radical (unpaired) electrons. The predicted octanol–water partition coefficient (Wildman–Crippen LogP) is 7.70. The van der Waals surface area contributed by atoms with Crippen molar-refractivity contribution in [1.82, 2.24) is 0 Å². The molecular formula is C29H52Cl2O6. The van der Waals surface area contributed by atoms with E-state index in [0.29, 0.717) is 18.3 Å². The number of hydrogen-bond acceptors (Lipinski definition) is 6. The zero-order chi connectivity index (χ0) is 24.2. The van der Waals surface area contributed by atoms with Crippen molar-refractivity contribution in [3.8, 4) is 0 Å². The number of halogens is 2. The molecule has 4 saturated carbocycles. The molecule has 218 valence electrons. The van der Waals surface area contributed by atoms with Crippen LogP contribution in [0.15, 0.2) is 0 Å². The number of esters is 3. The van der Waals surface area contributed by atoms with Crippen molar-refractivity contribution in [3.05, 3.63) is 0 Å². The molecule has 6 nitrogen and oxygen atoms in total. The molecule has 0 aromatic carbocycles. The Morgan fingerprint density at radius 3 is 1.92 bits per heavy atom. The molecule has 5 rings (SSSR count). The van der Waals surface area contributed by atoms with Gasteiger partial charge in [-0.1, -0.05) is 36.6 Å². The molecule has 4 bridgehead atoms. The number of rotatable bonds is 7. The summed E-state index contributed by atoms with van der Waals surface area (Å²) in [6.07, 6.45) is 6.25. The standard InChI is InChI=1S/C25H36Cl2O6.4CH4/c1-5-25(27,14-23(3,26)20(29)32-22(2)6-7-31-19(28)13-22)21(30)33-24(4)17-9-15-8-16(11-17)12-18(24)10-15;;;;/h15-18H,5-14H2,1-4H3;4*1H4. The van der Waals surface area contributed by atoms with Crippen LogP contribution in [-0.2, 0) is 28.6 Å². The second-order valence-electron chi connectivity index (χ2n) is 11.6. The summed E-state index contributed by atoms with van der Waals surface area (Å²) >= 11 is 13.5. The van der Waals surface area contributed by atoms with Crippen molar-refractivity contribution in [2.45, 2.75) is 136 Å². The van der Waals surface area contributed by atoms with Crippen LogP contribution in [0.1, 0.15) is 115 Å². The van der Waals surface area contributed by atoms with E-state index < -0.39 is 38.9 Å². The number of cyclic esters (lactones) is 1. The summed E-state index contributed by atoms with van der Waals surface area (Å²) < 4.78 is 16.8. The zero-order valence-corrected chi connectivity index (χ0v) is 21.6. The van der Waals surface area contributed by atoms with Crippen molar-refractivity contribution < 1.29 is 28.6 Å². The normalized spacial score (nSPS) is 36.5. The first-order chi connectivity index (χ1) is 15.3. The van der Waals surface area contributed by atoms with Gasteiger partial charge in [0.05, 0.1) is 13.0 Å². The molecule has 3 atom stereocenters. The van der Waals surface area contributed by atoms with Crippen LogP contribution in [0.3, 0.4) is 0 Å². The van der Waals surface area contributed by atoms with Crippen molar-refractivity contribution in [1.29, 1.82) is 0 Å². The minimum atomic E-state index is -1.55. The fourth-order valence-electron chi connectivity index (χ4n) is 6.76. The fourth-order valence-corrected chi connectivity index (χ4v) is 7.40. The Hall–Kier alpha value is -1.01. The number of carbonyl (C=O) groups excluding carboxylic acids is 3. The fraction of sp³-hybridized carbons (Fsp3) is 0.897. The Kier molecular flexibility index (Phi) is 12.1. The molecule has 0 aromatic heterocycles. The highest BCUT2D eigenvalue weighted by atomic mass is 35.5. The summed E-state index contributed by atoms with van der Waals surface area (Å²) in [7, 11) is 0. The van der Waals surface area contributed by atoms with E-state index in [-0.39, 0.29) is 55.6 Å². The van der Waals surface area contributed by atoms with Crippen molar-refractivity contribution >= 4 is 41.1 Å². The van der Waals surface area contributed by atoms with Gasteiger partial charge in [-0.3, -0.25) is 14.4 Å². The van der Waals surface area contributed by atoms with Crippen LogP contribution >= 0.6 is 23.2 Å². The monoisotopic (exact) mass is 566 g/mol. The molecule has 4 aliphatic carbocycles. The van der Waals surface area contributed by atoms with Gasteiger partial charge in [-0.05, 0) is 83.0 Å². The first kappa shape index (κ1) is 36.0. The van der Waals surface area contributed by atoms with Crippen LogP contribution < -0.4 is 0 Å². The summed E-state index contributed by atoms with van der Waals surface area (Å²) in [6.45, 7) is 7.25. The van der Waals surface area contributed by atoms with Gasteiger partial charge in [0.2, 0.25) is 0 Å². The Morgan fingerprint density at radius 1 is 0.946 bits per heavy atom. The minimum absolute atomic E-state index is 0. The van der Waals surface area contributed by atoms with Crippen LogP contribution in [0.4, 0.5) is 0 Å². The maximum Gasteiger partial charge on any atom is 0.327 e. The zero-order valence-electron chi connectivity index (χ0n) is 20.1. The molecule has 0 spiro atoms. The quantitative estimate of drug-likeness (QED) is 0.178. The Labute approximate surface area is 235 Å². The maximum atomic E-state index is 13.5. The van der Waals surface area contributed by atoms with Gasteiger partial charge in [-0.2, -0.15) is 0 Å².